The van der Waals surface area contributed by atoms with Gasteiger partial charge in [-0.05, 0) is 97.2 Å². The lowest BCUT2D eigenvalue weighted by atomic mass is 9.44. The number of ketones is 1. The number of carbonyl (C=O) groups excluding carboxylic acids is 1. The maximum Gasteiger partial charge on any atom is 0.160 e. The highest BCUT2D eigenvalue weighted by atomic mass is 79.9. The molecule has 0 amide bonds. The summed E-state index contributed by atoms with van der Waals surface area (Å²) in [5.74, 6) is 6.23. The summed E-state index contributed by atoms with van der Waals surface area (Å²) in [6.07, 6.45) is 13.6. The van der Waals surface area contributed by atoms with Gasteiger partial charge in [-0.25, -0.2) is 0 Å². The van der Waals surface area contributed by atoms with Crippen molar-refractivity contribution in [3.05, 3.63) is 0 Å². The molecule has 1 nitrogen and oxygen atoms in total. The molecule has 4 rings (SSSR count). The fourth-order valence-electron chi connectivity index (χ4n) is 9.15. The molecule has 0 aliphatic heterocycles. The number of fused-ring (bicyclic) bond motifs is 5. The lowest BCUT2D eigenvalue weighted by molar-refractivity contribution is -0.137. The molecule has 10 atom stereocenters. The first-order chi connectivity index (χ1) is 14.1. The van der Waals surface area contributed by atoms with Gasteiger partial charge in [-0.1, -0.05) is 85.7 Å². The number of alkyl halides is 2. The van der Waals surface area contributed by atoms with Crippen LogP contribution in [-0.4, -0.2) is 15.4 Å². The molecule has 0 aromatic heterocycles. The Balaban J connectivity index is 1.50. The van der Waals surface area contributed by atoms with Crippen molar-refractivity contribution in [2.75, 3.05) is 0 Å². The first kappa shape index (κ1) is 23.8. The highest BCUT2D eigenvalue weighted by Crippen LogP contribution is 2.68. The highest BCUT2D eigenvalue weighted by Gasteiger charge is 2.62. The van der Waals surface area contributed by atoms with Crippen LogP contribution in [-0.2, 0) is 4.79 Å². The van der Waals surface area contributed by atoms with Crippen molar-refractivity contribution in [2.24, 2.45) is 52.3 Å². The van der Waals surface area contributed by atoms with E-state index in [2.05, 4.69) is 66.5 Å². The van der Waals surface area contributed by atoms with Crippen LogP contribution in [0.2, 0.25) is 0 Å². The summed E-state index contributed by atoms with van der Waals surface area (Å²) < 4.78 is 0. The molecule has 4 aliphatic carbocycles. The maximum absolute atomic E-state index is 12.7. The van der Waals surface area contributed by atoms with E-state index < -0.39 is 0 Å². The lowest BCUT2D eigenvalue weighted by Crippen LogP contribution is -2.58. The van der Waals surface area contributed by atoms with Crippen LogP contribution in [0.4, 0.5) is 0 Å². The van der Waals surface area contributed by atoms with E-state index in [9.17, 15) is 4.79 Å². The molecule has 0 spiro atoms. The summed E-state index contributed by atoms with van der Waals surface area (Å²) in [6, 6.07) is 0. The minimum Gasteiger partial charge on any atom is -0.297 e. The Morgan fingerprint density at radius 3 is 2.27 bits per heavy atom. The van der Waals surface area contributed by atoms with Crippen molar-refractivity contribution in [1.82, 2.24) is 0 Å². The van der Waals surface area contributed by atoms with E-state index in [4.69, 9.17) is 0 Å². The standard InChI is InChI=1S/C27H44Br2O/c1-16(2)7-6-8-17(3)19-11-12-20-18-9-10-22-24(29)25(30)23(28)15-27(22,5)21(18)13-14-26(19,20)4/h16-24H,6-15H2,1-5H3/t17-,18+,19-,20+,21+,22-,23+,24-,26-,27-/m1/s1. The van der Waals surface area contributed by atoms with Gasteiger partial charge in [-0.15, -0.1) is 0 Å². The van der Waals surface area contributed by atoms with Gasteiger partial charge >= 0.3 is 0 Å². The number of halogens is 2. The predicted octanol–water partition coefficient (Wildman–Crippen LogP) is 8.42. The largest absolute Gasteiger partial charge is 0.297 e. The van der Waals surface area contributed by atoms with Gasteiger partial charge in [0.15, 0.2) is 5.78 Å². The minimum atomic E-state index is 0.0486. The van der Waals surface area contributed by atoms with Gasteiger partial charge in [0.05, 0.1) is 9.65 Å². The van der Waals surface area contributed by atoms with Crippen molar-refractivity contribution < 1.29 is 4.79 Å². The molecular formula is C27H44Br2O. The third-order valence-electron chi connectivity index (χ3n) is 10.7. The molecule has 0 saturated heterocycles. The lowest BCUT2D eigenvalue weighted by Gasteiger charge is -2.61. The molecular weight excluding hydrogens is 500 g/mol. The van der Waals surface area contributed by atoms with E-state index in [0.29, 0.717) is 22.5 Å². The van der Waals surface area contributed by atoms with Crippen LogP contribution in [0.15, 0.2) is 0 Å². The zero-order chi connectivity index (χ0) is 21.8. The summed E-state index contributed by atoms with van der Waals surface area (Å²) in [5, 5.41) is 0. The third kappa shape index (κ3) is 3.82. The molecule has 4 fully saturated rings. The summed E-state index contributed by atoms with van der Waals surface area (Å²) in [4.78, 5) is 12.8. The first-order valence-electron chi connectivity index (χ1n) is 12.9. The molecule has 3 heteroatoms. The SMILES string of the molecule is CC(C)CCC[C@@H](C)[C@H]1CC[C@H]2[C@@H]3CC[C@@H]4[C@@H](Br)C(=O)[C@@H](Br)C[C@]4(C)[C@H]3CC[C@]12C. The number of rotatable bonds is 5. The highest BCUT2D eigenvalue weighted by molar-refractivity contribution is 9.10. The molecule has 30 heavy (non-hydrogen) atoms. The van der Waals surface area contributed by atoms with E-state index in [1.54, 1.807) is 0 Å². The zero-order valence-electron chi connectivity index (χ0n) is 19.9. The second-order valence-electron chi connectivity index (χ2n) is 12.6. The Morgan fingerprint density at radius 2 is 1.57 bits per heavy atom. The molecule has 0 unspecified atom stereocenters. The van der Waals surface area contributed by atoms with Crippen LogP contribution < -0.4 is 0 Å². The van der Waals surface area contributed by atoms with Gasteiger partial charge in [0.1, 0.15) is 0 Å². The molecule has 0 N–H and O–H groups in total. The maximum atomic E-state index is 12.7. The Morgan fingerprint density at radius 1 is 0.900 bits per heavy atom. The third-order valence-corrected chi connectivity index (χ3v) is 12.6. The zero-order valence-corrected chi connectivity index (χ0v) is 23.1. The molecule has 0 aromatic carbocycles. The Labute approximate surface area is 202 Å². The van der Waals surface area contributed by atoms with Crippen LogP contribution >= 0.6 is 31.9 Å². The van der Waals surface area contributed by atoms with Crippen LogP contribution in [0.1, 0.15) is 98.8 Å². The van der Waals surface area contributed by atoms with Crippen LogP contribution in [0.25, 0.3) is 0 Å². The fraction of sp³-hybridized carbons (Fsp3) is 0.963. The van der Waals surface area contributed by atoms with Crippen molar-refractivity contribution in [3.8, 4) is 0 Å². The fourth-order valence-corrected chi connectivity index (χ4v) is 11.7. The van der Waals surface area contributed by atoms with Gasteiger partial charge in [0.25, 0.3) is 0 Å². The number of hydrogen-bond acceptors (Lipinski definition) is 1. The van der Waals surface area contributed by atoms with E-state index in [1.807, 2.05) is 0 Å². The monoisotopic (exact) mass is 542 g/mol. The summed E-state index contributed by atoms with van der Waals surface area (Å²) >= 11 is 7.60. The molecule has 0 heterocycles. The number of Topliss-reactive ketones (excluding diaryl/α,β-unsaturated/α-hetero) is 1. The van der Waals surface area contributed by atoms with Gasteiger partial charge < -0.3 is 0 Å². The normalized spacial score (nSPS) is 49.5. The van der Waals surface area contributed by atoms with Gasteiger partial charge in [-0.2, -0.15) is 0 Å². The summed E-state index contributed by atoms with van der Waals surface area (Å²) in [6.45, 7) is 12.5. The quantitative estimate of drug-likeness (QED) is 0.318. The van der Waals surface area contributed by atoms with E-state index >= 15 is 0 Å². The van der Waals surface area contributed by atoms with Crippen molar-refractivity contribution in [3.63, 3.8) is 0 Å². The van der Waals surface area contributed by atoms with Crippen molar-refractivity contribution in [1.29, 1.82) is 0 Å². The smallest absolute Gasteiger partial charge is 0.160 e. The molecule has 0 aromatic rings. The predicted molar refractivity (Wildman–Crippen MR) is 134 cm³/mol. The van der Waals surface area contributed by atoms with E-state index in [1.165, 1.54) is 57.8 Å². The second kappa shape index (κ2) is 8.77. The Hall–Kier alpha value is 0.630. The van der Waals surface area contributed by atoms with Crippen molar-refractivity contribution in [2.45, 2.75) is 108 Å². The molecule has 0 radical (unpaired) electrons. The summed E-state index contributed by atoms with van der Waals surface area (Å²) in [5.41, 5.74) is 0.884. The van der Waals surface area contributed by atoms with E-state index in [0.717, 1.165) is 41.9 Å². The average Bonchev–Trinajstić information content (AvgIpc) is 3.03. The van der Waals surface area contributed by atoms with E-state index in [-0.39, 0.29) is 9.65 Å². The Kier molecular flexibility index (Phi) is 6.95. The minimum absolute atomic E-state index is 0.0486. The molecule has 172 valence electrons. The molecule has 4 saturated carbocycles. The van der Waals surface area contributed by atoms with Gasteiger partial charge in [0.2, 0.25) is 0 Å². The summed E-state index contributed by atoms with van der Waals surface area (Å²) in [7, 11) is 0. The number of hydrogen-bond donors (Lipinski definition) is 0. The van der Waals surface area contributed by atoms with Crippen LogP contribution in [0.5, 0.6) is 0 Å². The Bertz CT molecular complexity index is 647. The molecule has 4 aliphatic rings. The van der Waals surface area contributed by atoms with Crippen molar-refractivity contribution >= 4 is 37.6 Å². The van der Waals surface area contributed by atoms with Gasteiger partial charge in [-0.3, -0.25) is 4.79 Å². The number of carbonyl (C=O) groups is 1. The second-order valence-corrected chi connectivity index (χ2v) is 14.7. The van der Waals surface area contributed by atoms with Gasteiger partial charge in [0, 0.05) is 0 Å². The topological polar surface area (TPSA) is 17.1 Å². The first-order valence-corrected chi connectivity index (χ1v) is 14.7. The molecule has 0 bridgehead atoms. The van der Waals surface area contributed by atoms with Crippen LogP contribution in [0, 0.1) is 52.3 Å². The average molecular weight is 544 g/mol. The van der Waals surface area contributed by atoms with Crippen LogP contribution in [0.3, 0.4) is 0 Å².